The van der Waals surface area contributed by atoms with E-state index >= 15 is 0 Å². The van der Waals surface area contributed by atoms with Crippen LogP contribution < -0.4 is 10.6 Å². The molecule has 0 radical (unpaired) electrons. The number of carboxylic acid groups (broad SMARTS) is 1. The molecule has 0 aromatic heterocycles. The van der Waals surface area contributed by atoms with Crippen molar-refractivity contribution in [1.82, 2.24) is 25.3 Å². The average Bonchev–Trinajstić information content (AvgIpc) is 3.58. The van der Waals surface area contributed by atoms with Gasteiger partial charge in [-0.25, -0.2) is 0 Å². The molecular formula is C40H71N5O7S4. The summed E-state index contributed by atoms with van der Waals surface area (Å²) in [5.41, 5.74) is 0. The molecule has 16 heteroatoms. The molecule has 5 amide bonds. The number of thioether (sulfide) groups is 4. The van der Waals surface area contributed by atoms with Crippen LogP contribution in [0, 0.1) is 23.7 Å². The predicted octanol–water partition coefficient (Wildman–Crippen LogP) is 5.88. The van der Waals surface area contributed by atoms with Crippen LogP contribution in [0.5, 0.6) is 0 Å². The van der Waals surface area contributed by atoms with Gasteiger partial charge in [0.1, 0.15) is 21.0 Å². The Kier molecular flexibility index (Phi) is 20.8. The summed E-state index contributed by atoms with van der Waals surface area (Å²) in [6, 6.07) is 0. The molecule has 56 heavy (non-hydrogen) atoms. The van der Waals surface area contributed by atoms with E-state index in [9.17, 15) is 33.9 Å². The predicted molar refractivity (Wildman–Crippen MR) is 235 cm³/mol. The lowest BCUT2D eigenvalue weighted by atomic mass is 10.1. The second-order valence-corrected chi connectivity index (χ2v) is 25.2. The van der Waals surface area contributed by atoms with Gasteiger partial charge in [0.05, 0.1) is 14.6 Å². The summed E-state index contributed by atoms with van der Waals surface area (Å²) in [7, 11) is 0. The number of aliphatic carboxylic acids is 1. The maximum absolute atomic E-state index is 13.8. The van der Waals surface area contributed by atoms with Crippen LogP contribution in [0.2, 0.25) is 0 Å². The zero-order chi connectivity index (χ0) is 42.5. The van der Waals surface area contributed by atoms with Crippen molar-refractivity contribution in [3.8, 4) is 0 Å². The molecule has 0 aliphatic carbocycles. The van der Waals surface area contributed by atoms with Gasteiger partial charge in [-0.2, -0.15) is 0 Å². The first-order valence-electron chi connectivity index (χ1n) is 20.3. The van der Waals surface area contributed by atoms with Gasteiger partial charge in [0.15, 0.2) is 0 Å². The fourth-order valence-corrected chi connectivity index (χ4v) is 13.5. The average molecular weight is 862 g/mol. The van der Waals surface area contributed by atoms with Gasteiger partial charge in [-0.05, 0) is 64.2 Å². The second-order valence-electron chi connectivity index (χ2n) is 17.6. The molecule has 2 heterocycles. The minimum Gasteiger partial charge on any atom is -0.481 e. The van der Waals surface area contributed by atoms with Gasteiger partial charge in [-0.1, -0.05) is 55.4 Å². The zero-order valence-electron chi connectivity index (χ0n) is 36.0. The molecule has 322 valence electrons. The van der Waals surface area contributed by atoms with Gasteiger partial charge < -0.3 is 30.4 Å². The SMILES string of the molecule is CC(C)CN(CC(C)C)C(=O)C1SC(C)(C)SC1C(=O)NCCCN(CCCNC(=O)C1SC(C)(C)SC1C(=O)N(CC(C)C)CC(C)C)C(=O)CCC(=O)O. The topological polar surface area (TPSA) is 156 Å². The van der Waals surface area contributed by atoms with Crippen LogP contribution in [0.4, 0.5) is 0 Å². The highest BCUT2D eigenvalue weighted by Crippen LogP contribution is 2.53. The van der Waals surface area contributed by atoms with Gasteiger partial charge in [-0.3, -0.25) is 28.8 Å². The van der Waals surface area contributed by atoms with Gasteiger partial charge in [0, 0.05) is 58.8 Å². The third-order valence-corrected chi connectivity index (χ3v) is 15.6. The first-order valence-corrected chi connectivity index (χ1v) is 23.8. The largest absolute Gasteiger partial charge is 0.481 e. The Morgan fingerprint density at radius 2 is 0.857 bits per heavy atom. The van der Waals surface area contributed by atoms with E-state index in [4.69, 9.17) is 0 Å². The number of hydrogen-bond acceptors (Lipinski definition) is 10. The number of carbonyl (C=O) groups excluding carboxylic acids is 5. The summed E-state index contributed by atoms with van der Waals surface area (Å²) in [5, 5.41) is 13.1. The van der Waals surface area contributed by atoms with E-state index in [0.717, 1.165) is 0 Å². The van der Waals surface area contributed by atoms with E-state index in [0.29, 0.717) is 75.8 Å². The van der Waals surface area contributed by atoms with Gasteiger partial charge in [0.25, 0.3) is 0 Å². The minimum atomic E-state index is -1.06. The second kappa shape index (κ2) is 23.1. The third kappa shape index (κ3) is 17.2. The Labute approximate surface area is 354 Å². The summed E-state index contributed by atoms with van der Waals surface area (Å²) in [4.78, 5) is 84.5. The molecule has 0 spiro atoms. The Morgan fingerprint density at radius 3 is 1.16 bits per heavy atom. The van der Waals surface area contributed by atoms with Crippen LogP contribution in [0.1, 0.15) is 109 Å². The molecule has 12 nitrogen and oxygen atoms in total. The van der Waals surface area contributed by atoms with Crippen LogP contribution >= 0.6 is 47.0 Å². The lowest BCUT2D eigenvalue weighted by Crippen LogP contribution is -2.48. The summed E-state index contributed by atoms with van der Waals surface area (Å²) in [5.74, 6) is -0.575. The highest BCUT2D eigenvalue weighted by atomic mass is 32.2. The molecule has 4 unspecified atom stereocenters. The normalized spacial score (nSPS) is 21.4. The molecule has 2 aliphatic rings. The van der Waals surface area contributed by atoms with Gasteiger partial charge in [0.2, 0.25) is 29.5 Å². The Morgan fingerprint density at radius 1 is 0.536 bits per heavy atom. The Bertz CT molecular complexity index is 1240. The standard InChI is InChI=1S/C40H71N5O7S4/c1-25(2)21-44(22-26(3)4)37(51)33-31(53-39(9,10)55-33)35(49)41-17-13-19-43(29(46)15-16-30(47)48)20-14-18-42-36(50)32-34(56-40(11,12)54-32)38(52)45(23-27(5)6)24-28(7)8/h25-28,31-34H,13-24H2,1-12H3,(H,41,49)(H,42,50)(H,47,48). The van der Waals surface area contributed by atoms with Crippen LogP contribution in [0.15, 0.2) is 0 Å². The molecule has 0 saturated carbocycles. The minimum absolute atomic E-state index is 0.00624. The molecule has 0 bridgehead atoms. The van der Waals surface area contributed by atoms with Gasteiger partial charge >= 0.3 is 5.97 Å². The monoisotopic (exact) mass is 861 g/mol. The fraction of sp³-hybridized carbons (Fsp3) is 0.850. The van der Waals surface area contributed by atoms with Crippen LogP contribution in [-0.4, -0.2) is 137 Å². The molecule has 4 atom stereocenters. The number of rotatable bonds is 23. The molecule has 0 aromatic carbocycles. The lowest BCUT2D eigenvalue weighted by molar-refractivity contribution is -0.141. The first-order chi connectivity index (χ1) is 25.9. The van der Waals surface area contributed by atoms with E-state index in [1.807, 2.05) is 37.5 Å². The Hall–Kier alpha value is -1.78. The smallest absolute Gasteiger partial charge is 0.303 e. The number of hydrogen-bond donors (Lipinski definition) is 3. The zero-order valence-corrected chi connectivity index (χ0v) is 39.2. The lowest BCUT2D eigenvalue weighted by Gasteiger charge is -2.30. The van der Waals surface area contributed by atoms with E-state index in [2.05, 4.69) is 66.0 Å². The fourth-order valence-electron chi connectivity index (χ4n) is 6.80. The van der Waals surface area contributed by atoms with Crippen molar-refractivity contribution in [2.24, 2.45) is 23.7 Å². The number of nitrogens with one attached hydrogen (secondary N) is 2. The number of carbonyl (C=O) groups is 6. The summed E-state index contributed by atoms with van der Waals surface area (Å²) >= 11 is 6.08. The van der Waals surface area contributed by atoms with Crippen LogP contribution in [0.3, 0.4) is 0 Å². The van der Waals surface area contributed by atoms with Crippen molar-refractivity contribution in [3.05, 3.63) is 0 Å². The quantitative estimate of drug-likeness (QED) is 0.106. The molecule has 0 aromatic rings. The number of carboxylic acids is 1. The highest BCUT2D eigenvalue weighted by Gasteiger charge is 2.50. The number of nitrogens with zero attached hydrogens (tertiary/aromatic N) is 3. The molecular weight excluding hydrogens is 791 g/mol. The van der Waals surface area contributed by atoms with E-state index in [-0.39, 0.29) is 63.6 Å². The third-order valence-electron chi connectivity index (χ3n) is 8.88. The molecule has 2 aliphatic heterocycles. The molecule has 2 rings (SSSR count). The maximum atomic E-state index is 13.8. The van der Waals surface area contributed by atoms with Crippen molar-refractivity contribution < 1.29 is 33.9 Å². The van der Waals surface area contributed by atoms with Crippen molar-refractivity contribution in [1.29, 1.82) is 0 Å². The Balaban J connectivity index is 2.02. The number of amides is 5. The van der Waals surface area contributed by atoms with Crippen molar-refractivity contribution in [2.75, 3.05) is 52.4 Å². The van der Waals surface area contributed by atoms with E-state index < -0.39 is 27.0 Å². The highest BCUT2D eigenvalue weighted by molar-refractivity contribution is 8.23. The maximum Gasteiger partial charge on any atom is 0.303 e. The molecule has 2 fully saturated rings. The van der Waals surface area contributed by atoms with Crippen molar-refractivity contribution in [3.63, 3.8) is 0 Å². The van der Waals surface area contributed by atoms with Gasteiger partial charge in [-0.15, -0.1) is 47.0 Å². The molecule has 3 N–H and O–H groups in total. The van der Waals surface area contributed by atoms with E-state index in [1.54, 1.807) is 4.90 Å². The van der Waals surface area contributed by atoms with Crippen molar-refractivity contribution in [2.45, 2.75) is 138 Å². The first kappa shape index (κ1) is 50.4. The van der Waals surface area contributed by atoms with Crippen molar-refractivity contribution >= 4 is 82.6 Å². The molecule has 2 saturated heterocycles. The van der Waals surface area contributed by atoms with Crippen LogP contribution in [0.25, 0.3) is 0 Å². The van der Waals surface area contributed by atoms with E-state index in [1.165, 1.54) is 47.0 Å². The summed E-state index contributed by atoms with van der Waals surface area (Å²) in [6.45, 7) is 28.5. The summed E-state index contributed by atoms with van der Waals surface area (Å²) < 4.78 is -0.619. The summed E-state index contributed by atoms with van der Waals surface area (Å²) in [6.07, 6.45) is 0.439. The van der Waals surface area contributed by atoms with Crippen LogP contribution in [-0.2, 0) is 28.8 Å².